The minimum absolute atomic E-state index is 1.13. The van der Waals surface area contributed by atoms with Crippen LogP contribution in [0.4, 0.5) is 0 Å². The molecule has 0 aliphatic heterocycles. The summed E-state index contributed by atoms with van der Waals surface area (Å²) < 4.78 is 0. The topological polar surface area (TPSA) is 18.5 Å². The van der Waals surface area contributed by atoms with Crippen molar-refractivity contribution in [3.63, 3.8) is 0 Å². The zero-order chi connectivity index (χ0) is 17.9. The van der Waals surface area contributed by atoms with Crippen LogP contribution in [-0.4, -0.2) is 63.2 Å². The molecule has 0 radical (unpaired) electrons. The van der Waals surface area contributed by atoms with Crippen LogP contribution >= 0.6 is 0 Å². The van der Waals surface area contributed by atoms with Crippen molar-refractivity contribution in [1.29, 1.82) is 0 Å². The van der Waals surface area contributed by atoms with Crippen molar-refractivity contribution >= 4 is 0 Å². The monoisotopic (exact) mass is 341 g/mol. The van der Waals surface area contributed by atoms with Gasteiger partial charge in [-0.3, -0.25) is 0 Å². The molecular weight excluding hydrogens is 294 g/mol. The van der Waals surface area contributed by atoms with Crippen LogP contribution in [0.15, 0.2) is 0 Å². The molecule has 24 heavy (non-hydrogen) atoms. The van der Waals surface area contributed by atoms with Crippen LogP contribution in [0.3, 0.4) is 0 Å². The Bertz CT molecular complexity index is 233. The first-order chi connectivity index (χ1) is 11.7. The second kappa shape index (κ2) is 19.2. The maximum atomic E-state index is 3.60. The molecular formula is C21H47N3. The van der Waals surface area contributed by atoms with Crippen LogP contribution < -0.4 is 5.32 Å². The highest BCUT2D eigenvalue weighted by Crippen LogP contribution is 2.09. The standard InChI is InChI=1S/C21H47N3/c1-5-7-9-10-11-12-13-14-15-16-22-17-19-24(4)21-20-23(3)18-8-6-2/h22H,5-21H2,1-4H3. The van der Waals surface area contributed by atoms with Gasteiger partial charge in [-0.2, -0.15) is 0 Å². The van der Waals surface area contributed by atoms with Crippen LogP contribution in [0.1, 0.15) is 84.5 Å². The van der Waals surface area contributed by atoms with Gasteiger partial charge in [-0.05, 0) is 40.0 Å². The van der Waals surface area contributed by atoms with Gasteiger partial charge in [-0.1, -0.05) is 71.6 Å². The molecule has 0 saturated heterocycles. The molecule has 0 unspecified atom stereocenters. The molecule has 0 aromatic heterocycles. The lowest BCUT2D eigenvalue weighted by Crippen LogP contribution is -2.35. The van der Waals surface area contributed by atoms with E-state index in [0.717, 1.165) is 6.54 Å². The number of rotatable bonds is 19. The number of hydrogen-bond donors (Lipinski definition) is 1. The lowest BCUT2D eigenvalue weighted by molar-refractivity contribution is 0.254. The van der Waals surface area contributed by atoms with Crippen LogP contribution in [0.25, 0.3) is 0 Å². The lowest BCUT2D eigenvalue weighted by atomic mass is 10.1. The van der Waals surface area contributed by atoms with Crippen molar-refractivity contribution in [2.24, 2.45) is 0 Å². The summed E-state index contributed by atoms with van der Waals surface area (Å²) in [5.74, 6) is 0. The fourth-order valence-electron chi connectivity index (χ4n) is 2.95. The zero-order valence-electron chi connectivity index (χ0n) is 17.4. The molecule has 0 aliphatic carbocycles. The highest BCUT2D eigenvalue weighted by Gasteiger charge is 2.01. The predicted octanol–water partition coefficient (Wildman–Crippen LogP) is 4.77. The predicted molar refractivity (Wildman–Crippen MR) is 110 cm³/mol. The summed E-state index contributed by atoms with van der Waals surface area (Å²) in [6.07, 6.45) is 15.4. The molecule has 0 heterocycles. The van der Waals surface area contributed by atoms with Gasteiger partial charge in [-0.25, -0.2) is 0 Å². The lowest BCUT2D eigenvalue weighted by Gasteiger charge is -2.22. The first-order valence-corrected chi connectivity index (χ1v) is 10.8. The van der Waals surface area contributed by atoms with Gasteiger partial charge in [0.15, 0.2) is 0 Å². The molecule has 0 spiro atoms. The Morgan fingerprint density at radius 2 is 1.00 bits per heavy atom. The fourth-order valence-corrected chi connectivity index (χ4v) is 2.95. The highest BCUT2D eigenvalue weighted by atomic mass is 15.2. The van der Waals surface area contributed by atoms with Crippen LogP contribution in [0.5, 0.6) is 0 Å². The van der Waals surface area contributed by atoms with Gasteiger partial charge in [0, 0.05) is 26.2 Å². The van der Waals surface area contributed by atoms with Gasteiger partial charge in [0.25, 0.3) is 0 Å². The van der Waals surface area contributed by atoms with Crippen molar-refractivity contribution in [2.45, 2.75) is 84.5 Å². The minimum Gasteiger partial charge on any atom is -0.315 e. The number of nitrogens with one attached hydrogen (secondary N) is 1. The van der Waals surface area contributed by atoms with Gasteiger partial charge >= 0.3 is 0 Å². The summed E-state index contributed by atoms with van der Waals surface area (Å²) in [6.45, 7) is 11.7. The molecule has 0 saturated carbocycles. The number of hydrogen-bond acceptors (Lipinski definition) is 3. The second-order valence-corrected chi connectivity index (χ2v) is 7.54. The van der Waals surface area contributed by atoms with Crippen molar-refractivity contribution in [2.75, 3.05) is 53.4 Å². The first kappa shape index (κ1) is 23.9. The van der Waals surface area contributed by atoms with E-state index in [1.54, 1.807) is 0 Å². The highest BCUT2D eigenvalue weighted by molar-refractivity contribution is 4.59. The quantitative estimate of drug-likeness (QED) is 0.341. The van der Waals surface area contributed by atoms with Gasteiger partial charge in [0.2, 0.25) is 0 Å². The van der Waals surface area contributed by atoms with Gasteiger partial charge in [-0.15, -0.1) is 0 Å². The number of unbranched alkanes of at least 4 members (excludes halogenated alkanes) is 9. The Hall–Kier alpha value is -0.120. The van der Waals surface area contributed by atoms with Gasteiger partial charge in [0.05, 0.1) is 0 Å². The molecule has 0 rings (SSSR count). The van der Waals surface area contributed by atoms with Crippen LogP contribution in [0, 0.1) is 0 Å². The Morgan fingerprint density at radius 3 is 1.58 bits per heavy atom. The van der Waals surface area contributed by atoms with Gasteiger partial charge < -0.3 is 15.1 Å². The maximum absolute atomic E-state index is 3.60. The van der Waals surface area contributed by atoms with Crippen molar-refractivity contribution in [3.05, 3.63) is 0 Å². The van der Waals surface area contributed by atoms with E-state index in [2.05, 4.69) is 43.1 Å². The summed E-state index contributed by atoms with van der Waals surface area (Å²) in [7, 11) is 4.49. The van der Waals surface area contributed by atoms with E-state index < -0.39 is 0 Å². The first-order valence-electron chi connectivity index (χ1n) is 10.8. The third-order valence-corrected chi connectivity index (χ3v) is 4.88. The Morgan fingerprint density at radius 1 is 0.500 bits per heavy atom. The molecule has 0 amide bonds. The van der Waals surface area contributed by atoms with E-state index in [1.807, 2.05) is 0 Å². The smallest absolute Gasteiger partial charge is 0.0107 e. The summed E-state index contributed by atoms with van der Waals surface area (Å²) in [4.78, 5) is 4.90. The minimum atomic E-state index is 1.13. The van der Waals surface area contributed by atoms with Crippen molar-refractivity contribution in [1.82, 2.24) is 15.1 Å². The summed E-state index contributed by atoms with van der Waals surface area (Å²) in [5, 5.41) is 3.60. The maximum Gasteiger partial charge on any atom is 0.0107 e. The number of nitrogens with zero attached hydrogens (tertiary/aromatic N) is 2. The third-order valence-electron chi connectivity index (χ3n) is 4.88. The zero-order valence-corrected chi connectivity index (χ0v) is 17.4. The average Bonchev–Trinajstić information content (AvgIpc) is 2.59. The van der Waals surface area contributed by atoms with E-state index in [1.165, 1.54) is 103 Å². The second-order valence-electron chi connectivity index (χ2n) is 7.54. The summed E-state index contributed by atoms with van der Waals surface area (Å²) in [5.41, 5.74) is 0. The normalized spacial score (nSPS) is 11.8. The van der Waals surface area contributed by atoms with Crippen molar-refractivity contribution < 1.29 is 0 Å². The molecule has 0 aromatic carbocycles. The Balaban J connectivity index is 3.20. The van der Waals surface area contributed by atoms with E-state index >= 15 is 0 Å². The van der Waals surface area contributed by atoms with E-state index in [9.17, 15) is 0 Å². The van der Waals surface area contributed by atoms with Crippen molar-refractivity contribution in [3.8, 4) is 0 Å². The SMILES string of the molecule is CCCCCCCCCCCNCCN(C)CCN(C)CCCC. The molecule has 0 atom stereocenters. The average molecular weight is 342 g/mol. The third kappa shape index (κ3) is 18.2. The molecule has 0 fully saturated rings. The molecule has 0 aromatic rings. The van der Waals surface area contributed by atoms with E-state index in [-0.39, 0.29) is 0 Å². The fraction of sp³-hybridized carbons (Fsp3) is 1.00. The Kier molecular flexibility index (Phi) is 19.1. The molecule has 1 N–H and O–H groups in total. The largest absolute Gasteiger partial charge is 0.315 e. The van der Waals surface area contributed by atoms with Crippen LogP contribution in [-0.2, 0) is 0 Å². The number of likely N-dealkylation sites (N-methyl/N-ethyl adjacent to an activating group) is 2. The van der Waals surface area contributed by atoms with E-state index in [0.29, 0.717) is 0 Å². The molecule has 0 aliphatic rings. The van der Waals surface area contributed by atoms with Crippen LogP contribution in [0.2, 0.25) is 0 Å². The van der Waals surface area contributed by atoms with Gasteiger partial charge in [0.1, 0.15) is 0 Å². The van der Waals surface area contributed by atoms with E-state index in [4.69, 9.17) is 0 Å². The molecule has 146 valence electrons. The summed E-state index contributed by atoms with van der Waals surface area (Å²) in [6, 6.07) is 0. The molecule has 3 heteroatoms. The molecule has 0 bridgehead atoms. The Labute approximate surface area is 153 Å². The molecule has 3 nitrogen and oxygen atoms in total. The summed E-state index contributed by atoms with van der Waals surface area (Å²) >= 11 is 0.